The minimum atomic E-state index is -0.224. The van der Waals surface area contributed by atoms with Gasteiger partial charge in [0.1, 0.15) is 17.2 Å². The van der Waals surface area contributed by atoms with Crippen molar-refractivity contribution < 1.29 is 14.3 Å². The number of hydrogen-bond donors (Lipinski definition) is 2. The van der Waals surface area contributed by atoms with E-state index in [0.29, 0.717) is 41.8 Å². The molecule has 1 aromatic carbocycles. The van der Waals surface area contributed by atoms with Gasteiger partial charge in [0, 0.05) is 45.9 Å². The molecule has 0 bridgehead atoms. The Hall–Kier alpha value is -3.82. The van der Waals surface area contributed by atoms with Crippen molar-refractivity contribution in [1.29, 1.82) is 0 Å². The first-order valence-electron chi connectivity index (χ1n) is 9.71. The Morgan fingerprint density at radius 3 is 2.65 bits per heavy atom. The van der Waals surface area contributed by atoms with E-state index in [1.807, 2.05) is 43.3 Å². The van der Waals surface area contributed by atoms with E-state index in [-0.39, 0.29) is 5.91 Å². The number of hydrogen-bond acceptors (Lipinski definition) is 8. The van der Waals surface area contributed by atoms with Crippen LogP contribution in [-0.4, -0.2) is 67.3 Å². The number of carbonyl (C=O) groups is 1. The fourth-order valence-electron chi connectivity index (χ4n) is 2.97. The first-order chi connectivity index (χ1) is 14.9. The van der Waals surface area contributed by atoms with Crippen molar-refractivity contribution in [2.45, 2.75) is 0 Å². The lowest BCUT2D eigenvalue weighted by molar-refractivity contribution is 0.0946. The molecular weight excluding hydrogens is 398 g/mol. The summed E-state index contributed by atoms with van der Waals surface area (Å²) in [5.74, 6) is 1.75. The molecule has 0 spiro atoms. The highest BCUT2D eigenvalue weighted by atomic mass is 16.5. The van der Waals surface area contributed by atoms with E-state index in [1.54, 1.807) is 38.2 Å². The Morgan fingerprint density at radius 1 is 1.13 bits per heavy atom. The third-order valence-electron chi connectivity index (χ3n) is 4.67. The zero-order chi connectivity index (χ0) is 22.4. The predicted octanol–water partition coefficient (Wildman–Crippen LogP) is 1.80. The minimum absolute atomic E-state index is 0.224. The Bertz CT molecular complexity index is 1050. The summed E-state index contributed by atoms with van der Waals surface area (Å²) in [6.45, 7) is 0.918. The average molecular weight is 425 g/mol. The average Bonchev–Trinajstić information content (AvgIpc) is 3.17. The fraction of sp³-hybridized carbons (Fsp3) is 0.333. The van der Waals surface area contributed by atoms with Gasteiger partial charge in [-0.2, -0.15) is 10.2 Å². The zero-order valence-corrected chi connectivity index (χ0v) is 18.3. The normalized spacial score (nSPS) is 10.5. The summed E-state index contributed by atoms with van der Waals surface area (Å²) < 4.78 is 12.3. The molecule has 164 valence electrons. The number of aromatic nitrogens is 4. The zero-order valence-electron chi connectivity index (χ0n) is 18.3. The van der Waals surface area contributed by atoms with Gasteiger partial charge in [-0.05, 0) is 24.3 Å². The summed E-state index contributed by atoms with van der Waals surface area (Å²) in [6.07, 6.45) is 1.68. The van der Waals surface area contributed by atoms with Crippen molar-refractivity contribution in [2.75, 3.05) is 51.6 Å². The summed E-state index contributed by atoms with van der Waals surface area (Å²) in [4.78, 5) is 14.6. The molecule has 2 heterocycles. The van der Waals surface area contributed by atoms with Gasteiger partial charge in [-0.3, -0.25) is 9.48 Å². The summed E-state index contributed by atoms with van der Waals surface area (Å²) in [6, 6.07) is 9.07. The third kappa shape index (κ3) is 5.21. The van der Waals surface area contributed by atoms with E-state index in [2.05, 4.69) is 25.9 Å². The van der Waals surface area contributed by atoms with E-state index in [9.17, 15) is 4.79 Å². The highest BCUT2D eigenvalue weighted by molar-refractivity contribution is 5.94. The van der Waals surface area contributed by atoms with Gasteiger partial charge in [0.05, 0.1) is 31.8 Å². The molecule has 31 heavy (non-hydrogen) atoms. The first kappa shape index (κ1) is 21.9. The molecule has 0 saturated carbocycles. The van der Waals surface area contributed by atoms with Gasteiger partial charge in [0.2, 0.25) is 0 Å². The standard InChI is InChI=1S/C21H27N7O3/c1-27(2)14-10-20(25-24-13-14)22-8-9-23-21(29)18-12-17(26-28(18)3)16-11-15(30-4)6-7-19(16)31-5/h6-7,10-13H,8-9H2,1-5H3,(H,22,25)(H,23,29). The molecule has 0 aliphatic heterocycles. The Balaban J connectivity index is 1.63. The van der Waals surface area contributed by atoms with Crippen molar-refractivity contribution in [1.82, 2.24) is 25.3 Å². The molecule has 10 nitrogen and oxygen atoms in total. The molecule has 0 atom stereocenters. The van der Waals surface area contributed by atoms with Crippen LogP contribution in [0.2, 0.25) is 0 Å². The van der Waals surface area contributed by atoms with E-state index < -0.39 is 0 Å². The maximum atomic E-state index is 12.7. The topological polar surface area (TPSA) is 106 Å². The van der Waals surface area contributed by atoms with Crippen LogP contribution in [0, 0.1) is 0 Å². The molecule has 0 aliphatic rings. The first-order valence-corrected chi connectivity index (χ1v) is 9.71. The smallest absolute Gasteiger partial charge is 0.269 e. The summed E-state index contributed by atoms with van der Waals surface area (Å²) in [7, 11) is 8.78. The molecule has 0 saturated heterocycles. The van der Waals surface area contributed by atoms with Crippen LogP contribution in [0.4, 0.5) is 11.5 Å². The van der Waals surface area contributed by atoms with Crippen molar-refractivity contribution in [3.63, 3.8) is 0 Å². The number of nitrogens with zero attached hydrogens (tertiary/aromatic N) is 5. The van der Waals surface area contributed by atoms with Crippen molar-refractivity contribution in [3.8, 4) is 22.8 Å². The van der Waals surface area contributed by atoms with E-state index in [4.69, 9.17) is 9.47 Å². The maximum Gasteiger partial charge on any atom is 0.269 e. The lowest BCUT2D eigenvalue weighted by atomic mass is 10.1. The van der Waals surface area contributed by atoms with Gasteiger partial charge >= 0.3 is 0 Å². The number of ether oxygens (including phenoxy) is 2. The molecule has 3 aromatic rings. The molecule has 0 radical (unpaired) electrons. The molecule has 2 N–H and O–H groups in total. The second-order valence-corrected chi connectivity index (χ2v) is 6.98. The second kappa shape index (κ2) is 9.79. The summed E-state index contributed by atoms with van der Waals surface area (Å²) >= 11 is 0. The number of amides is 1. The van der Waals surface area contributed by atoms with Crippen molar-refractivity contribution >= 4 is 17.4 Å². The van der Waals surface area contributed by atoms with Gasteiger partial charge < -0.3 is 25.0 Å². The lowest BCUT2D eigenvalue weighted by Gasteiger charge is -2.13. The maximum absolute atomic E-state index is 12.7. The number of methoxy groups -OCH3 is 2. The fourth-order valence-corrected chi connectivity index (χ4v) is 2.97. The number of nitrogens with one attached hydrogen (secondary N) is 2. The number of carbonyl (C=O) groups excluding carboxylic acids is 1. The number of rotatable bonds is 9. The summed E-state index contributed by atoms with van der Waals surface area (Å²) in [5, 5.41) is 18.5. The molecule has 1 amide bonds. The Morgan fingerprint density at radius 2 is 1.94 bits per heavy atom. The van der Waals surface area contributed by atoms with Crippen LogP contribution in [0.25, 0.3) is 11.3 Å². The largest absolute Gasteiger partial charge is 0.497 e. The number of anilines is 2. The van der Waals surface area contributed by atoms with E-state index >= 15 is 0 Å². The number of aryl methyl sites for hydroxylation is 1. The molecule has 0 unspecified atom stereocenters. The van der Waals surface area contributed by atoms with Crippen LogP contribution in [-0.2, 0) is 7.05 Å². The second-order valence-electron chi connectivity index (χ2n) is 6.98. The van der Waals surface area contributed by atoms with E-state index in [1.165, 1.54) is 0 Å². The highest BCUT2D eigenvalue weighted by Crippen LogP contribution is 2.32. The van der Waals surface area contributed by atoms with Crippen molar-refractivity contribution in [3.05, 3.63) is 42.2 Å². The SMILES string of the molecule is COc1ccc(OC)c(-c2cc(C(=O)NCCNc3cc(N(C)C)cnn3)n(C)n2)c1. The van der Waals surface area contributed by atoms with Crippen LogP contribution in [0.3, 0.4) is 0 Å². The lowest BCUT2D eigenvalue weighted by Crippen LogP contribution is -2.30. The molecule has 2 aromatic heterocycles. The van der Waals surface area contributed by atoms with Gasteiger partial charge in [-0.1, -0.05) is 0 Å². The quantitative estimate of drug-likeness (QED) is 0.500. The van der Waals surface area contributed by atoms with Gasteiger partial charge in [0.25, 0.3) is 5.91 Å². The van der Waals surface area contributed by atoms with Gasteiger partial charge in [0.15, 0.2) is 5.82 Å². The Labute approximate surface area is 181 Å². The van der Waals surface area contributed by atoms with Crippen LogP contribution < -0.4 is 25.0 Å². The number of benzene rings is 1. The monoisotopic (exact) mass is 425 g/mol. The predicted molar refractivity (Wildman–Crippen MR) is 119 cm³/mol. The molecular formula is C21H27N7O3. The van der Waals surface area contributed by atoms with Crippen molar-refractivity contribution in [2.24, 2.45) is 7.05 Å². The Kier molecular flexibility index (Phi) is 6.91. The van der Waals surface area contributed by atoms with Crippen LogP contribution in [0.15, 0.2) is 36.5 Å². The molecule has 0 aliphatic carbocycles. The van der Waals surface area contributed by atoms with Gasteiger partial charge in [-0.15, -0.1) is 5.10 Å². The third-order valence-corrected chi connectivity index (χ3v) is 4.67. The van der Waals surface area contributed by atoms with Gasteiger partial charge in [-0.25, -0.2) is 0 Å². The van der Waals surface area contributed by atoms with Crippen LogP contribution in [0.1, 0.15) is 10.5 Å². The molecule has 0 fully saturated rings. The van der Waals surface area contributed by atoms with E-state index in [0.717, 1.165) is 11.3 Å². The molecule has 10 heteroatoms. The van der Waals surface area contributed by atoms with Crippen LogP contribution in [0.5, 0.6) is 11.5 Å². The highest BCUT2D eigenvalue weighted by Gasteiger charge is 2.17. The summed E-state index contributed by atoms with van der Waals surface area (Å²) in [5.41, 5.74) is 2.75. The van der Waals surface area contributed by atoms with Crippen LogP contribution >= 0.6 is 0 Å². The minimum Gasteiger partial charge on any atom is -0.497 e. The molecule has 3 rings (SSSR count).